The minimum atomic E-state index is 0.321. The first-order valence-corrected chi connectivity index (χ1v) is 7.70. The van der Waals surface area contributed by atoms with E-state index in [4.69, 9.17) is 4.74 Å². The topological polar surface area (TPSA) is 38.2 Å². The maximum absolute atomic E-state index is 5.97. The van der Waals surface area contributed by atoms with Crippen LogP contribution in [-0.4, -0.2) is 40.7 Å². The van der Waals surface area contributed by atoms with E-state index in [9.17, 15) is 0 Å². The molecular weight excluding hydrogens is 250 g/mol. The van der Waals surface area contributed by atoms with Crippen LogP contribution in [0.3, 0.4) is 0 Å². The van der Waals surface area contributed by atoms with Crippen molar-refractivity contribution >= 4 is 0 Å². The number of aromatic nitrogens is 2. The van der Waals surface area contributed by atoms with E-state index in [1.54, 1.807) is 0 Å². The second kappa shape index (κ2) is 7.14. The Morgan fingerprint density at radius 3 is 2.75 bits per heavy atom. The highest BCUT2D eigenvalue weighted by atomic mass is 16.5. The molecule has 0 amide bonds. The molecular formula is C16H27N3O. The van der Waals surface area contributed by atoms with Crippen molar-refractivity contribution in [2.75, 3.05) is 19.7 Å². The lowest BCUT2D eigenvalue weighted by Gasteiger charge is -2.23. The lowest BCUT2D eigenvalue weighted by atomic mass is 10.1. The van der Waals surface area contributed by atoms with E-state index < -0.39 is 0 Å². The van der Waals surface area contributed by atoms with E-state index in [-0.39, 0.29) is 0 Å². The molecule has 1 aromatic heterocycles. The molecule has 1 aliphatic rings. The Kier molecular flexibility index (Phi) is 5.49. The molecule has 2 unspecified atom stereocenters. The average molecular weight is 277 g/mol. The predicted octanol–water partition coefficient (Wildman–Crippen LogP) is 2.98. The SMILES string of the molecule is Cc1cnc(C(C)N2CCC(OCCC(C)C)C2)cn1. The Hall–Kier alpha value is -1.00. The summed E-state index contributed by atoms with van der Waals surface area (Å²) < 4.78 is 5.97. The zero-order chi connectivity index (χ0) is 14.5. The highest BCUT2D eigenvalue weighted by Gasteiger charge is 2.27. The normalized spacial score (nSPS) is 21.6. The highest BCUT2D eigenvalue weighted by molar-refractivity contribution is 5.06. The van der Waals surface area contributed by atoms with Crippen LogP contribution in [-0.2, 0) is 4.74 Å². The molecule has 1 aromatic rings. The van der Waals surface area contributed by atoms with E-state index in [0.29, 0.717) is 18.1 Å². The minimum Gasteiger partial charge on any atom is -0.377 e. The second-order valence-corrected chi connectivity index (χ2v) is 6.22. The Morgan fingerprint density at radius 2 is 2.10 bits per heavy atom. The first kappa shape index (κ1) is 15.4. The molecule has 2 rings (SSSR count). The first-order chi connectivity index (χ1) is 9.56. The van der Waals surface area contributed by atoms with Crippen LogP contribution < -0.4 is 0 Å². The molecule has 2 atom stereocenters. The van der Waals surface area contributed by atoms with Crippen molar-refractivity contribution in [1.29, 1.82) is 0 Å². The summed E-state index contributed by atoms with van der Waals surface area (Å²) in [5.41, 5.74) is 2.02. The lowest BCUT2D eigenvalue weighted by molar-refractivity contribution is 0.0491. The van der Waals surface area contributed by atoms with Crippen LogP contribution in [0, 0.1) is 12.8 Å². The standard InChI is InChI=1S/C16H27N3O/c1-12(2)6-8-20-15-5-7-19(11-15)14(4)16-10-17-13(3)9-18-16/h9-10,12,14-15H,5-8,11H2,1-4H3. The van der Waals surface area contributed by atoms with Crippen molar-refractivity contribution in [2.45, 2.75) is 52.7 Å². The van der Waals surface area contributed by atoms with Gasteiger partial charge in [-0.2, -0.15) is 0 Å². The minimum absolute atomic E-state index is 0.321. The average Bonchev–Trinajstić information content (AvgIpc) is 2.87. The van der Waals surface area contributed by atoms with Gasteiger partial charge in [0.25, 0.3) is 0 Å². The van der Waals surface area contributed by atoms with Gasteiger partial charge in [-0.3, -0.25) is 14.9 Å². The zero-order valence-electron chi connectivity index (χ0n) is 13.2. The van der Waals surface area contributed by atoms with Gasteiger partial charge < -0.3 is 4.74 Å². The molecule has 0 saturated carbocycles. The van der Waals surface area contributed by atoms with Crippen molar-refractivity contribution in [3.8, 4) is 0 Å². The Balaban J connectivity index is 1.81. The molecule has 0 aliphatic carbocycles. The number of likely N-dealkylation sites (tertiary alicyclic amines) is 1. The summed E-state index contributed by atoms with van der Waals surface area (Å²) in [6.45, 7) is 11.6. The third-order valence-corrected chi connectivity index (χ3v) is 4.00. The van der Waals surface area contributed by atoms with Gasteiger partial charge in [0.2, 0.25) is 0 Å². The number of hydrogen-bond acceptors (Lipinski definition) is 4. The lowest BCUT2D eigenvalue weighted by Crippen LogP contribution is -2.27. The smallest absolute Gasteiger partial charge is 0.0755 e. The van der Waals surface area contributed by atoms with Gasteiger partial charge in [-0.1, -0.05) is 13.8 Å². The maximum Gasteiger partial charge on any atom is 0.0755 e. The van der Waals surface area contributed by atoms with Crippen molar-refractivity contribution in [2.24, 2.45) is 5.92 Å². The second-order valence-electron chi connectivity index (χ2n) is 6.22. The number of rotatable bonds is 6. The van der Waals surface area contributed by atoms with Crippen LogP contribution >= 0.6 is 0 Å². The van der Waals surface area contributed by atoms with E-state index in [1.807, 2.05) is 19.3 Å². The third kappa shape index (κ3) is 4.25. The molecule has 2 heterocycles. The third-order valence-electron chi connectivity index (χ3n) is 4.00. The molecule has 0 aromatic carbocycles. The fourth-order valence-electron chi connectivity index (χ4n) is 2.52. The van der Waals surface area contributed by atoms with Gasteiger partial charge >= 0.3 is 0 Å². The fraction of sp³-hybridized carbons (Fsp3) is 0.750. The summed E-state index contributed by atoms with van der Waals surface area (Å²) in [5.74, 6) is 0.717. The molecule has 0 N–H and O–H groups in total. The fourth-order valence-corrected chi connectivity index (χ4v) is 2.52. The van der Waals surface area contributed by atoms with Crippen molar-refractivity contribution in [1.82, 2.24) is 14.9 Å². The van der Waals surface area contributed by atoms with Crippen molar-refractivity contribution in [3.05, 3.63) is 23.8 Å². The van der Waals surface area contributed by atoms with Gasteiger partial charge in [0.15, 0.2) is 0 Å². The van der Waals surface area contributed by atoms with Crippen LogP contribution in [0.15, 0.2) is 12.4 Å². The van der Waals surface area contributed by atoms with Gasteiger partial charge in [0.05, 0.1) is 29.7 Å². The summed E-state index contributed by atoms with van der Waals surface area (Å²) in [4.78, 5) is 11.3. The number of aryl methyl sites for hydroxylation is 1. The van der Waals surface area contributed by atoms with Crippen LogP contribution in [0.5, 0.6) is 0 Å². The summed E-state index contributed by atoms with van der Waals surface area (Å²) in [7, 11) is 0. The number of ether oxygens (including phenoxy) is 1. The number of nitrogens with zero attached hydrogens (tertiary/aromatic N) is 3. The van der Waals surface area contributed by atoms with Gasteiger partial charge in [0, 0.05) is 25.9 Å². The van der Waals surface area contributed by atoms with E-state index in [2.05, 4.69) is 35.6 Å². The summed E-state index contributed by atoms with van der Waals surface area (Å²) in [6.07, 6.45) is 6.40. The van der Waals surface area contributed by atoms with Gasteiger partial charge in [0.1, 0.15) is 0 Å². The molecule has 4 heteroatoms. The van der Waals surface area contributed by atoms with Gasteiger partial charge in [-0.15, -0.1) is 0 Å². The van der Waals surface area contributed by atoms with Crippen LogP contribution in [0.1, 0.15) is 51.0 Å². The van der Waals surface area contributed by atoms with Crippen molar-refractivity contribution in [3.63, 3.8) is 0 Å². The summed E-state index contributed by atoms with van der Waals surface area (Å²) in [5, 5.41) is 0. The molecule has 20 heavy (non-hydrogen) atoms. The van der Waals surface area contributed by atoms with Gasteiger partial charge in [-0.05, 0) is 32.6 Å². The molecule has 112 valence electrons. The van der Waals surface area contributed by atoms with E-state index in [1.165, 1.54) is 0 Å². The maximum atomic E-state index is 5.97. The number of hydrogen-bond donors (Lipinski definition) is 0. The Labute approximate surface area is 122 Å². The summed E-state index contributed by atoms with van der Waals surface area (Å²) in [6, 6.07) is 0.321. The molecule has 0 radical (unpaired) electrons. The quantitative estimate of drug-likeness (QED) is 0.801. The Bertz CT molecular complexity index is 405. The van der Waals surface area contributed by atoms with E-state index in [0.717, 1.165) is 43.9 Å². The molecule has 1 fully saturated rings. The van der Waals surface area contributed by atoms with Crippen LogP contribution in [0.2, 0.25) is 0 Å². The zero-order valence-corrected chi connectivity index (χ0v) is 13.2. The van der Waals surface area contributed by atoms with E-state index >= 15 is 0 Å². The molecule has 0 bridgehead atoms. The van der Waals surface area contributed by atoms with Crippen LogP contribution in [0.25, 0.3) is 0 Å². The molecule has 4 nitrogen and oxygen atoms in total. The highest BCUT2D eigenvalue weighted by Crippen LogP contribution is 2.24. The largest absolute Gasteiger partial charge is 0.377 e. The monoisotopic (exact) mass is 277 g/mol. The molecule has 1 aliphatic heterocycles. The molecule has 1 saturated heterocycles. The first-order valence-electron chi connectivity index (χ1n) is 7.70. The van der Waals surface area contributed by atoms with Crippen molar-refractivity contribution < 1.29 is 4.74 Å². The van der Waals surface area contributed by atoms with Gasteiger partial charge in [-0.25, -0.2) is 0 Å². The Morgan fingerprint density at radius 1 is 1.30 bits per heavy atom. The van der Waals surface area contributed by atoms with Crippen LogP contribution in [0.4, 0.5) is 0 Å². The molecule has 0 spiro atoms. The predicted molar refractivity (Wildman–Crippen MR) is 80.6 cm³/mol. The summed E-state index contributed by atoms with van der Waals surface area (Å²) >= 11 is 0.